The first-order valence-electron chi connectivity index (χ1n) is 3.13. The molecule has 0 spiro atoms. The van der Waals surface area contributed by atoms with Crippen LogP contribution in [0.1, 0.15) is 13.8 Å². The van der Waals surface area contributed by atoms with Gasteiger partial charge in [-0.05, 0) is 13.8 Å². The van der Waals surface area contributed by atoms with Gasteiger partial charge in [-0.25, -0.2) is 0 Å². The van der Waals surface area contributed by atoms with Crippen molar-refractivity contribution in [3.05, 3.63) is 0 Å². The molecule has 0 aromatic carbocycles. The summed E-state index contributed by atoms with van der Waals surface area (Å²) in [7, 11) is 0.343. The van der Waals surface area contributed by atoms with E-state index in [0.29, 0.717) is 4.25 Å². The zero-order valence-electron chi connectivity index (χ0n) is 6.29. The molecule has 1 unspecified atom stereocenters. The fourth-order valence-corrected chi connectivity index (χ4v) is 1.06. The second kappa shape index (κ2) is 3.47. The van der Waals surface area contributed by atoms with E-state index in [4.69, 9.17) is 5.50 Å². The summed E-state index contributed by atoms with van der Waals surface area (Å²) in [5.41, 5.74) is 5.27. The molecule has 1 atom stereocenters. The van der Waals surface area contributed by atoms with Gasteiger partial charge in [0.05, 0.1) is 28.6 Å². The average molecular weight is 150 g/mol. The lowest BCUT2D eigenvalue weighted by molar-refractivity contribution is -0.799. The lowest BCUT2D eigenvalue weighted by Gasteiger charge is -2.40. The van der Waals surface area contributed by atoms with E-state index in [1.54, 1.807) is 0 Å². The van der Waals surface area contributed by atoms with E-state index in [-0.39, 0.29) is 0 Å². The molecule has 4 heteroatoms. The maximum Gasteiger partial charge on any atom is 0.1000 e. The Morgan fingerprint density at radius 2 is 1.78 bits per heavy atom. The topological polar surface area (TPSA) is 49.1 Å². The van der Waals surface area contributed by atoms with E-state index >= 15 is 0 Å². The maximum absolute atomic E-state index is 10.8. The molecule has 0 radical (unpaired) electrons. The predicted molar refractivity (Wildman–Crippen MR) is 38.4 cm³/mol. The summed E-state index contributed by atoms with van der Waals surface area (Å²) in [6, 6.07) is 0. The molecule has 2 N–H and O–H groups in total. The van der Waals surface area contributed by atoms with Crippen LogP contribution in [0, 0.1) is 0 Å². The Bertz CT molecular complexity index is 83.0. The maximum atomic E-state index is 10.8. The van der Waals surface area contributed by atoms with Crippen molar-refractivity contribution in [1.29, 1.82) is 0 Å². The van der Waals surface area contributed by atoms with Crippen molar-refractivity contribution in [3.8, 4) is 0 Å². The summed E-state index contributed by atoms with van der Waals surface area (Å²) < 4.78 is 0.481. The minimum absolute atomic E-state index is 0.481. The molecule has 9 heavy (non-hydrogen) atoms. The molecule has 0 aromatic rings. The predicted octanol–water partition coefficient (Wildman–Crippen LogP) is 0.0187. The second-order valence-electron chi connectivity index (χ2n) is 2.27. The molecular formula is C5H15N2OP. The number of nitrogens with zero attached hydrogens (tertiary/aromatic N) is 1. The van der Waals surface area contributed by atoms with Gasteiger partial charge in [0.25, 0.3) is 0 Å². The lowest BCUT2D eigenvalue weighted by Crippen LogP contribution is -2.43. The molecule has 0 saturated carbocycles. The van der Waals surface area contributed by atoms with Gasteiger partial charge in [-0.15, -0.1) is 0 Å². The van der Waals surface area contributed by atoms with Crippen molar-refractivity contribution < 1.29 is 9.15 Å². The van der Waals surface area contributed by atoms with Gasteiger partial charge in [0.15, 0.2) is 0 Å². The lowest BCUT2D eigenvalue weighted by atomic mass is 10.6. The molecule has 0 saturated heterocycles. The van der Waals surface area contributed by atoms with Crippen molar-refractivity contribution in [3.63, 3.8) is 0 Å². The third-order valence-electron chi connectivity index (χ3n) is 1.84. The number of quaternary nitrogens is 1. The number of hydrogen-bond acceptors (Lipinski definition) is 2. The van der Waals surface area contributed by atoms with Crippen molar-refractivity contribution in [2.24, 2.45) is 5.50 Å². The van der Waals surface area contributed by atoms with Gasteiger partial charge in [0.2, 0.25) is 0 Å². The Morgan fingerprint density at radius 1 is 1.44 bits per heavy atom. The number of hydrogen-bond donors (Lipinski definition) is 1. The quantitative estimate of drug-likeness (QED) is 0.576. The smallest absolute Gasteiger partial charge is 0.1000 e. The normalized spacial score (nSPS) is 15.7. The van der Waals surface area contributed by atoms with Gasteiger partial charge in [0, 0.05) is 0 Å². The third-order valence-corrected chi connectivity index (χ3v) is 3.36. The van der Waals surface area contributed by atoms with Gasteiger partial charge >= 0.3 is 0 Å². The monoisotopic (exact) mass is 150 g/mol. The summed E-state index contributed by atoms with van der Waals surface area (Å²) in [6.07, 6.45) is 0. The van der Waals surface area contributed by atoms with Crippen molar-refractivity contribution in [1.82, 2.24) is 0 Å². The summed E-state index contributed by atoms with van der Waals surface area (Å²) in [6.45, 7) is 5.65. The second-order valence-corrected chi connectivity index (χ2v) is 3.84. The van der Waals surface area contributed by atoms with Crippen LogP contribution in [0.25, 0.3) is 0 Å². The van der Waals surface area contributed by atoms with Crippen LogP contribution in [0.3, 0.4) is 0 Å². The van der Waals surface area contributed by atoms with Gasteiger partial charge in [-0.1, -0.05) is 0 Å². The largest absolute Gasteiger partial charge is 0.769 e. The Labute approximate surface area is 58.0 Å². The average Bonchev–Trinajstić information content (AvgIpc) is 1.86. The molecule has 0 aliphatic carbocycles. The molecule has 0 rings (SSSR count). The van der Waals surface area contributed by atoms with Crippen LogP contribution < -0.4 is 10.4 Å². The summed E-state index contributed by atoms with van der Waals surface area (Å²) in [4.78, 5) is 10.8. The standard InChI is InChI=1S/C5H15N2OP/c1-4-7(3,5-2)9(6)8/h4-6H2,1-3H3. The van der Waals surface area contributed by atoms with E-state index in [2.05, 4.69) is 0 Å². The molecule has 0 fully saturated rings. The number of rotatable bonds is 3. The Balaban J connectivity index is 3.92. The van der Waals surface area contributed by atoms with Crippen LogP contribution in [0.2, 0.25) is 0 Å². The van der Waals surface area contributed by atoms with Gasteiger partial charge < -0.3 is 9.15 Å². The first-order chi connectivity index (χ1) is 4.06. The fraction of sp³-hybridized carbons (Fsp3) is 1.00. The van der Waals surface area contributed by atoms with E-state index in [1.807, 2.05) is 20.9 Å². The highest BCUT2D eigenvalue weighted by molar-refractivity contribution is 7.40. The van der Waals surface area contributed by atoms with Crippen LogP contribution in [-0.4, -0.2) is 24.4 Å². The highest BCUT2D eigenvalue weighted by Gasteiger charge is 2.17. The van der Waals surface area contributed by atoms with Crippen LogP contribution >= 0.6 is 8.45 Å². The first-order valence-corrected chi connectivity index (χ1v) is 4.42. The SMILES string of the molecule is CC[N+](C)(CC)P(N)[O-]. The molecule has 0 amide bonds. The molecule has 0 heterocycles. The molecule has 3 nitrogen and oxygen atoms in total. The Morgan fingerprint density at radius 3 is 1.78 bits per heavy atom. The van der Waals surface area contributed by atoms with Crippen LogP contribution in [0.15, 0.2) is 0 Å². The van der Waals surface area contributed by atoms with Crippen LogP contribution in [0.4, 0.5) is 0 Å². The van der Waals surface area contributed by atoms with Gasteiger partial charge in [0.1, 0.15) is 0 Å². The number of nitrogens with two attached hydrogens (primary N) is 1. The fourth-order valence-electron chi connectivity index (χ4n) is 0.502. The van der Waals surface area contributed by atoms with Crippen molar-refractivity contribution in [2.75, 3.05) is 20.1 Å². The zero-order chi connectivity index (χ0) is 7.49. The zero-order valence-corrected chi connectivity index (χ0v) is 7.19. The molecule has 0 aromatic heterocycles. The molecule has 0 aliphatic rings. The highest BCUT2D eigenvalue weighted by Crippen LogP contribution is 2.28. The minimum Gasteiger partial charge on any atom is -0.769 e. The van der Waals surface area contributed by atoms with E-state index in [0.717, 1.165) is 13.1 Å². The molecular weight excluding hydrogens is 135 g/mol. The van der Waals surface area contributed by atoms with Crippen LogP contribution in [0.5, 0.6) is 0 Å². The van der Waals surface area contributed by atoms with Crippen molar-refractivity contribution >= 4 is 8.45 Å². The van der Waals surface area contributed by atoms with E-state index in [9.17, 15) is 4.89 Å². The Hall–Kier alpha value is 0.310. The molecule has 0 bridgehead atoms. The third kappa shape index (κ3) is 2.18. The molecule has 0 aliphatic heterocycles. The summed E-state index contributed by atoms with van der Waals surface area (Å²) >= 11 is 0. The minimum atomic E-state index is -1.56. The van der Waals surface area contributed by atoms with Gasteiger partial charge in [-0.3, -0.25) is 5.50 Å². The highest BCUT2D eigenvalue weighted by atomic mass is 31.2. The summed E-state index contributed by atoms with van der Waals surface area (Å²) in [5, 5.41) is 0. The van der Waals surface area contributed by atoms with E-state index < -0.39 is 8.45 Å². The van der Waals surface area contributed by atoms with Crippen molar-refractivity contribution in [2.45, 2.75) is 13.8 Å². The summed E-state index contributed by atoms with van der Waals surface area (Å²) in [5.74, 6) is 0. The van der Waals surface area contributed by atoms with Gasteiger partial charge in [-0.2, -0.15) is 0 Å². The first kappa shape index (κ1) is 9.31. The van der Waals surface area contributed by atoms with E-state index in [1.165, 1.54) is 0 Å². The Kier molecular flexibility index (Phi) is 3.59. The van der Waals surface area contributed by atoms with Crippen LogP contribution in [-0.2, 0) is 0 Å². The molecule has 56 valence electrons.